The van der Waals surface area contributed by atoms with Crippen molar-refractivity contribution in [3.05, 3.63) is 46.1 Å². The molecule has 6 heteroatoms. The molecule has 1 aromatic heterocycles. The average molecular weight is 356 g/mol. The molecule has 0 bridgehead atoms. The van der Waals surface area contributed by atoms with Crippen LogP contribution < -0.4 is 14.9 Å². The van der Waals surface area contributed by atoms with Crippen molar-refractivity contribution < 1.29 is 23.8 Å². The minimum Gasteiger partial charge on any atom is -0.493 e. The molecule has 0 amide bonds. The normalized spacial score (nSPS) is 11.0. The van der Waals surface area contributed by atoms with Gasteiger partial charge < -0.3 is 19.0 Å². The number of hydrogen-bond acceptors (Lipinski definition) is 5. The van der Waals surface area contributed by atoms with Crippen LogP contribution in [0.15, 0.2) is 39.5 Å². The fourth-order valence-electron chi connectivity index (χ4n) is 2.66. The Labute approximate surface area is 149 Å². The van der Waals surface area contributed by atoms with E-state index in [0.717, 1.165) is 12.8 Å². The maximum absolute atomic E-state index is 13.0. The van der Waals surface area contributed by atoms with Gasteiger partial charge in [0.05, 0.1) is 29.5 Å². The lowest BCUT2D eigenvalue weighted by Gasteiger charge is -2.12. The molecule has 0 unspecified atom stereocenters. The summed E-state index contributed by atoms with van der Waals surface area (Å²) >= 11 is 0. The first-order valence-corrected chi connectivity index (χ1v) is 8.58. The zero-order valence-electron chi connectivity index (χ0n) is 14.7. The van der Waals surface area contributed by atoms with Crippen LogP contribution in [-0.4, -0.2) is 24.3 Å². The zero-order valence-corrected chi connectivity index (χ0v) is 14.7. The standard InChI is InChI=1S/C20H20O6/c1-3-7-24-13-10-15-18(21)14-9-12(20(22)23)5-6-16(14)26-19(15)17(11-13)25-8-4-2/h5-6,9-11H,3-4,7-8H2,1-2H3,(H,22,23). The van der Waals surface area contributed by atoms with E-state index >= 15 is 0 Å². The van der Waals surface area contributed by atoms with Gasteiger partial charge in [-0.2, -0.15) is 0 Å². The van der Waals surface area contributed by atoms with Crippen LogP contribution in [0.5, 0.6) is 11.5 Å². The summed E-state index contributed by atoms with van der Waals surface area (Å²) in [5.74, 6) is -0.137. The topological polar surface area (TPSA) is 86.0 Å². The molecular weight excluding hydrogens is 336 g/mol. The largest absolute Gasteiger partial charge is 0.493 e. The first kappa shape index (κ1) is 17.8. The van der Waals surface area contributed by atoms with Crippen LogP contribution in [0, 0.1) is 0 Å². The minimum absolute atomic E-state index is 0.0324. The molecule has 0 saturated heterocycles. The van der Waals surface area contributed by atoms with Crippen LogP contribution in [0.3, 0.4) is 0 Å². The first-order valence-electron chi connectivity index (χ1n) is 8.58. The molecule has 3 rings (SSSR count). The summed E-state index contributed by atoms with van der Waals surface area (Å²) in [7, 11) is 0. The summed E-state index contributed by atoms with van der Waals surface area (Å²) in [6.07, 6.45) is 1.64. The Morgan fingerprint density at radius 3 is 2.46 bits per heavy atom. The van der Waals surface area contributed by atoms with E-state index in [0.29, 0.717) is 41.3 Å². The van der Waals surface area contributed by atoms with Gasteiger partial charge in [0.15, 0.2) is 11.3 Å². The zero-order chi connectivity index (χ0) is 18.7. The smallest absolute Gasteiger partial charge is 0.335 e. The maximum atomic E-state index is 13.0. The number of carboxylic acids is 1. The first-order chi connectivity index (χ1) is 12.5. The number of carbonyl (C=O) groups is 1. The van der Waals surface area contributed by atoms with E-state index in [-0.39, 0.29) is 16.4 Å². The Morgan fingerprint density at radius 1 is 1.04 bits per heavy atom. The number of ether oxygens (including phenoxy) is 2. The number of rotatable bonds is 7. The van der Waals surface area contributed by atoms with Crippen LogP contribution in [-0.2, 0) is 0 Å². The van der Waals surface area contributed by atoms with E-state index < -0.39 is 5.97 Å². The minimum atomic E-state index is -1.10. The lowest BCUT2D eigenvalue weighted by atomic mass is 10.1. The Kier molecular flexibility index (Phi) is 5.11. The second-order valence-corrected chi connectivity index (χ2v) is 5.94. The van der Waals surface area contributed by atoms with E-state index in [1.807, 2.05) is 13.8 Å². The second-order valence-electron chi connectivity index (χ2n) is 5.94. The Morgan fingerprint density at radius 2 is 1.77 bits per heavy atom. The molecule has 1 heterocycles. The summed E-state index contributed by atoms with van der Waals surface area (Å²) in [6.45, 7) is 4.97. The second kappa shape index (κ2) is 7.47. The number of aromatic carboxylic acids is 1. The van der Waals surface area contributed by atoms with Gasteiger partial charge in [0, 0.05) is 6.07 Å². The molecule has 26 heavy (non-hydrogen) atoms. The van der Waals surface area contributed by atoms with Crippen LogP contribution in [0.1, 0.15) is 37.0 Å². The number of fused-ring (bicyclic) bond motifs is 2. The Hall–Kier alpha value is -3.02. The van der Waals surface area contributed by atoms with Gasteiger partial charge in [0.2, 0.25) is 5.43 Å². The van der Waals surface area contributed by atoms with Crippen molar-refractivity contribution in [3.63, 3.8) is 0 Å². The van der Waals surface area contributed by atoms with Crippen molar-refractivity contribution in [2.45, 2.75) is 26.7 Å². The third-order valence-electron chi connectivity index (χ3n) is 3.89. The van der Waals surface area contributed by atoms with Crippen LogP contribution in [0.25, 0.3) is 21.9 Å². The SMILES string of the molecule is CCCOc1cc(OCCC)c2oc3ccc(C(=O)O)cc3c(=O)c2c1. The molecule has 136 valence electrons. The Balaban J connectivity index is 2.27. The van der Waals surface area contributed by atoms with Gasteiger partial charge in [-0.3, -0.25) is 4.79 Å². The molecule has 0 radical (unpaired) electrons. The highest BCUT2D eigenvalue weighted by molar-refractivity contribution is 5.97. The predicted octanol–water partition coefficient (Wildman–Crippen LogP) is 4.22. The molecule has 0 fully saturated rings. The summed E-state index contributed by atoms with van der Waals surface area (Å²) in [5.41, 5.74) is 0.372. The van der Waals surface area contributed by atoms with Gasteiger partial charge in [-0.05, 0) is 37.1 Å². The quantitative estimate of drug-likeness (QED) is 0.638. The van der Waals surface area contributed by atoms with Crippen LogP contribution >= 0.6 is 0 Å². The van der Waals surface area contributed by atoms with Crippen molar-refractivity contribution in [2.75, 3.05) is 13.2 Å². The fourth-order valence-corrected chi connectivity index (χ4v) is 2.66. The molecule has 6 nitrogen and oxygen atoms in total. The number of carboxylic acid groups (broad SMARTS) is 1. The maximum Gasteiger partial charge on any atom is 0.335 e. The highest BCUT2D eigenvalue weighted by atomic mass is 16.5. The van der Waals surface area contributed by atoms with Crippen molar-refractivity contribution in [1.82, 2.24) is 0 Å². The molecule has 2 aromatic carbocycles. The highest BCUT2D eigenvalue weighted by Gasteiger charge is 2.16. The van der Waals surface area contributed by atoms with Gasteiger partial charge in [0.25, 0.3) is 0 Å². The average Bonchev–Trinajstić information content (AvgIpc) is 2.64. The summed E-state index contributed by atoms with van der Waals surface area (Å²) in [6, 6.07) is 7.56. The molecular formula is C20H20O6. The van der Waals surface area contributed by atoms with Gasteiger partial charge in [-0.15, -0.1) is 0 Å². The fraction of sp³-hybridized carbons (Fsp3) is 0.300. The lowest BCUT2D eigenvalue weighted by Crippen LogP contribution is -2.07. The third-order valence-corrected chi connectivity index (χ3v) is 3.89. The van der Waals surface area contributed by atoms with E-state index in [4.69, 9.17) is 19.0 Å². The number of benzene rings is 2. The Bertz CT molecular complexity index is 1020. The summed E-state index contributed by atoms with van der Waals surface area (Å²) in [4.78, 5) is 24.1. The lowest BCUT2D eigenvalue weighted by molar-refractivity contribution is 0.0697. The van der Waals surface area contributed by atoms with E-state index in [1.54, 1.807) is 12.1 Å². The number of hydrogen-bond donors (Lipinski definition) is 1. The van der Waals surface area contributed by atoms with Gasteiger partial charge >= 0.3 is 5.97 Å². The highest BCUT2D eigenvalue weighted by Crippen LogP contribution is 2.32. The molecule has 0 aliphatic heterocycles. The molecule has 0 aliphatic rings. The molecule has 0 atom stereocenters. The molecule has 1 N–H and O–H groups in total. The van der Waals surface area contributed by atoms with Gasteiger partial charge in [0.1, 0.15) is 11.3 Å². The van der Waals surface area contributed by atoms with Crippen LogP contribution in [0.2, 0.25) is 0 Å². The van der Waals surface area contributed by atoms with Gasteiger partial charge in [-0.1, -0.05) is 13.8 Å². The van der Waals surface area contributed by atoms with Crippen LogP contribution in [0.4, 0.5) is 0 Å². The molecule has 0 spiro atoms. The molecule has 0 aliphatic carbocycles. The molecule has 3 aromatic rings. The van der Waals surface area contributed by atoms with E-state index in [1.165, 1.54) is 18.2 Å². The van der Waals surface area contributed by atoms with Crippen molar-refractivity contribution in [3.8, 4) is 11.5 Å². The van der Waals surface area contributed by atoms with E-state index in [9.17, 15) is 9.59 Å². The van der Waals surface area contributed by atoms with E-state index in [2.05, 4.69) is 0 Å². The van der Waals surface area contributed by atoms with Crippen molar-refractivity contribution in [1.29, 1.82) is 0 Å². The van der Waals surface area contributed by atoms with Crippen molar-refractivity contribution >= 4 is 27.9 Å². The van der Waals surface area contributed by atoms with Crippen molar-refractivity contribution in [2.24, 2.45) is 0 Å². The predicted molar refractivity (Wildman–Crippen MR) is 98.5 cm³/mol. The summed E-state index contributed by atoms with van der Waals surface area (Å²) in [5, 5.41) is 9.68. The van der Waals surface area contributed by atoms with Gasteiger partial charge in [-0.25, -0.2) is 4.79 Å². The summed E-state index contributed by atoms with van der Waals surface area (Å²) < 4.78 is 17.3. The third kappa shape index (κ3) is 3.35. The molecule has 0 saturated carbocycles. The monoisotopic (exact) mass is 356 g/mol.